The molecule has 0 radical (unpaired) electrons. The first-order valence-corrected chi connectivity index (χ1v) is 12.4. The number of rotatable bonds is 7. The van der Waals surface area contributed by atoms with Crippen molar-refractivity contribution in [2.75, 3.05) is 13.1 Å². The normalized spacial score (nSPS) is 15.7. The molecule has 3 rings (SSSR count). The molecule has 1 unspecified atom stereocenters. The number of nitrogens with zero attached hydrogens (tertiary/aromatic N) is 1. The molecule has 156 valence electrons. The van der Waals surface area contributed by atoms with Crippen molar-refractivity contribution in [3.63, 3.8) is 0 Å². The van der Waals surface area contributed by atoms with Crippen molar-refractivity contribution < 1.29 is 18.0 Å². The van der Waals surface area contributed by atoms with E-state index in [2.05, 4.69) is 5.32 Å². The van der Waals surface area contributed by atoms with Gasteiger partial charge in [-0.05, 0) is 55.3 Å². The lowest BCUT2D eigenvalue weighted by molar-refractivity contribution is -0.120. The SMILES string of the molecule is CC(C(=O)NCc1cccs1)S(=O)(=O)Cc1cccc(C(=O)N2CCCCC2)c1. The maximum Gasteiger partial charge on any atom is 0.253 e. The average Bonchev–Trinajstić information content (AvgIpc) is 3.25. The van der Waals surface area contributed by atoms with E-state index in [0.717, 1.165) is 37.2 Å². The number of hydrogen-bond donors (Lipinski definition) is 1. The molecule has 1 aromatic carbocycles. The highest BCUT2D eigenvalue weighted by Crippen LogP contribution is 2.17. The van der Waals surface area contributed by atoms with Crippen LogP contribution in [0.2, 0.25) is 0 Å². The molecule has 1 saturated heterocycles. The lowest BCUT2D eigenvalue weighted by Gasteiger charge is -2.26. The standard InChI is InChI=1S/C21H26N2O4S2/c1-16(20(24)22-14-19-9-6-12-28-19)29(26,27)15-17-7-5-8-18(13-17)21(25)23-10-3-2-4-11-23/h5-9,12-13,16H,2-4,10-11,14-15H2,1H3,(H,22,24). The number of benzene rings is 1. The number of likely N-dealkylation sites (tertiary alicyclic amines) is 1. The predicted molar refractivity (Wildman–Crippen MR) is 114 cm³/mol. The van der Waals surface area contributed by atoms with Crippen LogP contribution < -0.4 is 5.32 Å². The minimum atomic E-state index is -3.70. The van der Waals surface area contributed by atoms with E-state index >= 15 is 0 Å². The van der Waals surface area contributed by atoms with E-state index in [-0.39, 0.29) is 11.7 Å². The van der Waals surface area contributed by atoms with E-state index in [1.165, 1.54) is 18.3 Å². The van der Waals surface area contributed by atoms with E-state index in [9.17, 15) is 18.0 Å². The summed E-state index contributed by atoms with van der Waals surface area (Å²) >= 11 is 1.50. The number of carbonyl (C=O) groups excluding carboxylic acids is 2. The number of amides is 2. The smallest absolute Gasteiger partial charge is 0.253 e. The third-order valence-corrected chi connectivity index (χ3v) is 8.01. The molecule has 1 fully saturated rings. The van der Waals surface area contributed by atoms with Gasteiger partial charge in [0.25, 0.3) is 5.91 Å². The molecule has 1 aliphatic heterocycles. The molecule has 1 aliphatic rings. The molecule has 6 nitrogen and oxygen atoms in total. The fourth-order valence-corrected chi connectivity index (χ4v) is 5.27. The summed E-state index contributed by atoms with van der Waals surface area (Å²) in [5.74, 6) is -0.855. The van der Waals surface area contributed by atoms with Crippen LogP contribution >= 0.6 is 11.3 Å². The Balaban J connectivity index is 1.64. The van der Waals surface area contributed by atoms with Gasteiger partial charge in [0, 0.05) is 23.5 Å². The maximum atomic E-state index is 12.7. The largest absolute Gasteiger partial charge is 0.350 e. The molecule has 2 aromatic rings. The monoisotopic (exact) mass is 434 g/mol. The number of carbonyl (C=O) groups is 2. The Labute approximate surface area is 175 Å². The molecule has 2 amide bonds. The first kappa shape index (κ1) is 21.5. The van der Waals surface area contributed by atoms with E-state index in [1.54, 1.807) is 24.3 Å². The molecule has 1 N–H and O–H groups in total. The van der Waals surface area contributed by atoms with Gasteiger partial charge in [0.15, 0.2) is 9.84 Å². The molecule has 0 saturated carbocycles. The minimum absolute atomic E-state index is 0.0642. The number of sulfone groups is 1. The summed E-state index contributed by atoms with van der Waals surface area (Å²) in [5, 5.41) is 3.42. The van der Waals surface area contributed by atoms with Crippen molar-refractivity contribution in [1.29, 1.82) is 0 Å². The molecule has 1 atom stereocenters. The molecule has 0 aliphatic carbocycles. The highest BCUT2D eigenvalue weighted by Gasteiger charge is 2.28. The van der Waals surface area contributed by atoms with Gasteiger partial charge in [-0.15, -0.1) is 11.3 Å². The predicted octanol–water partition coefficient (Wildman–Crippen LogP) is 2.99. The van der Waals surface area contributed by atoms with Gasteiger partial charge in [-0.2, -0.15) is 0 Å². The van der Waals surface area contributed by atoms with E-state index in [0.29, 0.717) is 17.7 Å². The van der Waals surface area contributed by atoms with Crippen LogP contribution in [0.3, 0.4) is 0 Å². The van der Waals surface area contributed by atoms with Crippen molar-refractivity contribution in [2.45, 2.75) is 43.7 Å². The molecular formula is C21H26N2O4S2. The van der Waals surface area contributed by atoms with Crippen LogP contribution in [0.1, 0.15) is 47.0 Å². The number of thiophene rings is 1. The van der Waals surface area contributed by atoms with Crippen LogP contribution in [0.5, 0.6) is 0 Å². The van der Waals surface area contributed by atoms with Crippen LogP contribution in [0.4, 0.5) is 0 Å². The van der Waals surface area contributed by atoms with Crippen molar-refractivity contribution >= 4 is 33.0 Å². The zero-order valence-corrected chi connectivity index (χ0v) is 18.1. The van der Waals surface area contributed by atoms with Gasteiger partial charge in [-0.25, -0.2) is 8.42 Å². The summed E-state index contributed by atoms with van der Waals surface area (Å²) < 4.78 is 25.5. The summed E-state index contributed by atoms with van der Waals surface area (Å²) in [4.78, 5) is 27.8. The zero-order chi connectivity index (χ0) is 20.9. The topological polar surface area (TPSA) is 83.5 Å². The third kappa shape index (κ3) is 5.67. The number of nitrogens with one attached hydrogen (secondary N) is 1. The lowest BCUT2D eigenvalue weighted by atomic mass is 10.1. The van der Waals surface area contributed by atoms with Crippen LogP contribution in [0, 0.1) is 0 Å². The first-order valence-electron chi connectivity index (χ1n) is 9.77. The lowest BCUT2D eigenvalue weighted by Crippen LogP contribution is -2.38. The minimum Gasteiger partial charge on any atom is -0.350 e. The molecule has 0 spiro atoms. The zero-order valence-electron chi connectivity index (χ0n) is 16.5. The molecule has 8 heteroatoms. The Morgan fingerprint density at radius 3 is 2.59 bits per heavy atom. The van der Waals surface area contributed by atoms with Gasteiger partial charge < -0.3 is 10.2 Å². The van der Waals surface area contributed by atoms with Gasteiger partial charge in [-0.1, -0.05) is 18.2 Å². The average molecular weight is 435 g/mol. The summed E-state index contributed by atoms with van der Waals surface area (Å²) in [5.41, 5.74) is 1.01. The summed E-state index contributed by atoms with van der Waals surface area (Å²) in [6, 6.07) is 10.5. The third-order valence-electron chi connectivity index (χ3n) is 5.11. The number of hydrogen-bond acceptors (Lipinski definition) is 5. The Hall–Kier alpha value is -2.19. The molecular weight excluding hydrogens is 408 g/mol. The Kier molecular flexibility index (Phi) is 7.08. The second-order valence-corrected chi connectivity index (χ2v) is 10.7. The van der Waals surface area contributed by atoms with Gasteiger partial charge in [0.2, 0.25) is 5.91 Å². The van der Waals surface area contributed by atoms with Crippen molar-refractivity contribution in [3.8, 4) is 0 Å². The Bertz CT molecular complexity index is 949. The van der Waals surface area contributed by atoms with Crippen LogP contribution in [-0.2, 0) is 26.9 Å². The summed E-state index contributed by atoms with van der Waals surface area (Å²) in [6.45, 7) is 3.20. The van der Waals surface area contributed by atoms with Crippen LogP contribution in [-0.4, -0.2) is 43.5 Å². The fraction of sp³-hybridized carbons (Fsp3) is 0.429. The molecule has 2 heterocycles. The molecule has 1 aromatic heterocycles. The highest BCUT2D eigenvalue weighted by molar-refractivity contribution is 7.92. The van der Waals surface area contributed by atoms with Gasteiger partial charge in [-0.3, -0.25) is 9.59 Å². The first-order chi connectivity index (χ1) is 13.9. The Morgan fingerprint density at radius 1 is 1.14 bits per heavy atom. The summed E-state index contributed by atoms with van der Waals surface area (Å²) in [6.07, 6.45) is 3.13. The van der Waals surface area contributed by atoms with Crippen molar-refractivity contribution in [2.24, 2.45) is 0 Å². The number of piperidine rings is 1. The second kappa shape index (κ2) is 9.54. The Morgan fingerprint density at radius 2 is 1.90 bits per heavy atom. The van der Waals surface area contributed by atoms with Gasteiger partial charge >= 0.3 is 0 Å². The second-order valence-electron chi connectivity index (χ2n) is 7.30. The van der Waals surface area contributed by atoms with E-state index < -0.39 is 21.0 Å². The molecule has 0 bridgehead atoms. The van der Waals surface area contributed by atoms with E-state index in [4.69, 9.17) is 0 Å². The summed E-state index contributed by atoms with van der Waals surface area (Å²) in [7, 11) is -3.70. The van der Waals surface area contributed by atoms with Gasteiger partial charge in [0.05, 0.1) is 12.3 Å². The van der Waals surface area contributed by atoms with Crippen LogP contribution in [0.15, 0.2) is 41.8 Å². The van der Waals surface area contributed by atoms with Crippen molar-refractivity contribution in [3.05, 3.63) is 57.8 Å². The highest BCUT2D eigenvalue weighted by atomic mass is 32.2. The quantitative estimate of drug-likeness (QED) is 0.726. The fourth-order valence-electron chi connectivity index (χ4n) is 3.33. The maximum absolute atomic E-state index is 12.7. The van der Waals surface area contributed by atoms with Gasteiger partial charge in [0.1, 0.15) is 5.25 Å². The van der Waals surface area contributed by atoms with Crippen LogP contribution in [0.25, 0.3) is 0 Å². The van der Waals surface area contributed by atoms with Crippen molar-refractivity contribution in [1.82, 2.24) is 10.2 Å². The molecule has 29 heavy (non-hydrogen) atoms. The van der Waals surface area contributed by atoms with E-state index in [1.807, 2.05) is 22.4 Å².